The molecular formula is C16H20N4O5S3. The van der Waals surface area contributed by atoms with E-state index in [0.717, 1.165) is 14.4 Å². The minimum absolute atomic E-state index is 0.148. The summed E-state index contributed by atoms with van der Waals surface area (Å²) < 4.78 is 38.0. The van der Waals surface area contributed by atoms with Crippen molar-refractivity contribution >= 4 is 49.8 Å². The van der Waals surface area contributed by atoms with Gasteiger partial charge >= 0.3 is 0 Å². The zero-order valence-corrected chi connectivity index (χ0v) is 17.8. The quantitative estimate of drug-likeness (QED) is 0.487. The van der Waals surface area contributed by atoms with Gasteiger partial charge in [-0.2, -0.15) is 0 Å². The highest BCUT2D eigenvalue weighted by atomic mass is 32.2. The molecule has 1 aliphatic heterocycles. The van der Waals surface area contributed by atoms with Crippen molar-refractivity contribution in [2.45, 2.75) is 18.2 Å². The number of hydrogen-bond donors (Lipinski definition) is 1. The summed E-state index contributed by atoms with van der Waals surface area (Å²) in [4.78, 5) is 12.5. The van der Waals surface area contributed by atoms with E-state index in [4.69, 9.17) is 9.47 Å². The van der Waals surface area contributed by atoms with Crippen molar-refractivity contribution in [1.82, 2.24) is 10.2 Å². The van der Waals surface area contributed by atoms with Crippen LogP contribution in [0.15, 0.2) is 22.5 Å². The van der Waals surface area contributed by atoms with E-state index in [1.54, 1.807) is 18.2 Å². The second-order valence-electron chi connectivity index (χ2n) is 5.59. The molecule has 152 valence electrons. The number of sulfonamides is 1. The molecule has 2 aromatic rings. The molecule has 0 fully saturated rings. The van der Waals surface area contributed by atoms with Crippen LogP contribution in [0, 0.1) is 0 Å². The van der Waals surface area contributed by atoms with E-state index in [1.807, 2.05) is 6.92 Å². The van der Waals surface area contributed by atoms with E-state index >= 15 is 0 Å². The van der Waals surface area contributed by atoms with Crippen molar-refractivity contribution in [2.24, 2.45) is 0 Å². The standard InChI is InChI=1S/C16H20N4O5S3/c1-3-26-16-19-18-15(27-16)17-14(21)10-20(28(22,23)4-2)11-5-6-12-13(9-11)25-8-7-24-12/h5-6,9H,3-4,7-8,10H2,1-2H3,(H,17,18,21). The van der Waals surface area contributed by atoms with Gasteiger partial charge in [-0.25, -0.2) is 8.42 Å². The van der Waals surface area contributed by atoms with E-state index in [0.29, 0.717) is 35.5 Å². The highest BCUT2D eigenvalue weighted by Gasteiger charge is 2.26. The van der Waals surface area contributed by atoms with E-state index in [1.165, 1.54) is 30.0 Å². The number of fused-ring (bicyclic) bond motifs is 1. The average molecular weight is 445 g/mol. The van der Waals surface area contributed by atoms with E-state index < -0.39 is 15.9 Å². The Morgan fingerprint density at radius 1 is 1.25 bits per heavy atom. The molecule has 1 amide bonds. The summed E-state index contributed by atoms with van der Waals surface area (Å²) in [5.41, 5.74) is 0.334. The summed E-state index contributed by atoms with van der Waals surface area (Å²) >= 11 is 2.76. The van der Waals surface area contributed by atoms with Gasteiger partial charge in [0.25, 0.3) is 0 Å². The number of carbonyl (C=O) groups excluding carboxylic acids is 1. The zero-order valence-electron chi connectivity index (χ0n) is 15.4. The van der Waals surface area contributed by atoms with Crippen molar-refractivity contribution in [1.29, 1.82) is 0 Å². The first kappa shape index (κ1) is 20.7. The summed E-state index contributed by atoms with van der Waals surface area (Å²) in [6, 6.07) is 4.80. The fourth-order valence-corrected chi connectivity index (χ4v) is 5.15. The van der Waals surface area contributed by atoms with Crippen molar-refractivity contribution < 1.29 is 22.7 Å². The maximum atomic E-state index is 12.6. The summed E-state index contributed by atoms with van der Waals surface area (Å²) in [5.74, 6) is 1.19. The van der Waals surface area contributed by atoms with Crippen LogP contribution in [0.4, 0.5) is 10.8 Å². The number of carbonyl (C=O) groups is 1. The predicted molar refractivity (Wildman–Crippen MR) is 109 cm³/mol. The molecule has 0 aliphatic carbocycles. The van der Waals surface area contributed by atoms with Gasteiger partial charge in [0.2, 0.25) is 21.1 Å². The summed E-state index contributed by atoms with van der Waals surface area (Å²) in [6.45, 7) is 3.95. The van der Waals surface area contributed by atoms with E-state index in [-0.39, 0.29) is 12.3 Å². The van der Waals surface area contributed by atoms with Crippen LogP contribution in [0.3, 0.4) is 0 Å². The number of hydrogen-bond acceptors (Lipinski definition) is 9. The monoisotopic (exact) mass is 444 g/mol. The third-order valence-electron chi connectivity index (χ3n) is 3.72. The van der Waals surface area contributed by atoms with Crippen LogP contribution in [-0.2, 0) is 14.8 Å². The Morgan fingerprint density at radius 3 is 2.71 bits per heavy atom. The Balaban J connectivity index is 1.79. The number of aromatic nitrogens is 2. The highest BCUT2D eigenvalue weighted by molar-refractivity contribution is 8.01. The fourth-order valence-electron chi connectivity index (χ4n) is 2.42. The molecule has 0 radical (unpaired) electrons. The number of benzene rings is 1. The first-order chi connectivity index (χ1) is 13.4. The molecule has 0 atom stereocenters. The Morgan fingerprint density at radius 2 is 2.00 bits per heavy atom. The smallest absolute Gasteiger partial charge is 0.246 e. The number of nitrogens with zero attached hydrogens (tertiary/aromatic N) is 3. The third kappa shape index (κ3) is 4.86. The van der Waals surface area contributed by atoms with Gasteiger partial charge in [-0.05, 0) is 24.8 Å². The first-order valence-electron chi connectivity index (χ1n) is 8.59. The van der Waals surface area contributed by atoms with Crippen LogP contribution in [0.5, 0.6) is 11.5 Å². The maximum Gasteiger partial charge on any atom is 0.246 e. The first-order valence-corrected chi connectivity index (χ1v) is 12.0. The number of amides is 1. The topological polar surface area (TPSA) is 111 Å². The SMILES string of the molecule is CCSc1nnc(NC(=O)CN(c2ccc3c(c2)OCCO3)S(=O)(=O)CC)s1. The second-order valence-corrected chi connectivity index (χ2v) is 10.3. The van der Waals surface area contributed by atoms with Gasteiger partial charge in [0.15, 0.2) is 15.8 Å². The van der Waals surface area contributed by atoms with Crippen LogP contribution >= 0.6 is 23.1 Å². The molecule has 1 aromatic heterocycles. The Bertz CT molecular complexity index is 948. The average Bonchev–Trinajstić information content (AvgIpc) is 3.12. The van der Waals surface area contributed by atoms with Crippen LogP contribution in [0.1, 0.15) is 13.8 Å². The molecule has 1 aliphatic rings. The van der Waals surface area contributed by atoms with Gasteiger partial charge in [-0.1, -0.05) is 30.0 Å². The number of rotatable bonds is 8. The minimum Gasteiger partial charge on any atom is -0.486 e. The zero-order chi connectivity index (χ0) is 20.1. The van der Waals surface area contributed by atoms with Gasteiger partial charge in [0.1, 0.15) is 19.8 Å². The molecule has 3 rings (SSSR count). The van der Waals surface area contributed by atoms with Crippen molar-refractivity contribution in [2.75, 3.05) is 40.9 Å². The minimum atomic E-state index is -3.69. The largest absolute Gasteiger partial charge is 0.486 e. The Hall–Kier alpha value is -2.05. The lowest BCUT2D eigenvalue weighted by Gasteiger charge is -2.25. The normalized spacial score (nSPS) is 13.2. The Kier molecular flexibility index (Phi) is 6.62. The summed E-state index contributed by atoms with van der Waals surface area (Å²) in [7, 11) is -3.69. The lowest BCUT2D eigenvalue weighted by Crippen LogP contribution is -2.39. The van der Waals surface area contributed by atoms with Crippen molar-refractivity contribution in [3.05, 3.63) is 18.2 Å². The summed E-state index contributed by atoms with van der Waals surface area (Å²) in [6.07, 6.45) is 0. The molecule has 1 N–H and O–H groups in total. The third-order valence-corrected chi connectivity index (χ3v) is 7.32. The molecule has 2 heterocycles. The highest BCUT2D eigenvalue weighted by Crippen LogP contribution is 2.35. The molecule has 1 aromatic carbocycles. The van der Waals surface area contributed by atoms with Gasteiger partial charge in [-0.3, -0.25) is 14.4 Å². The number of ether oxygens (including phenoxy) is 2. The fraction of sp³-hybridized carbons (Fsp3) is 0.438. The maximum absolute atomic E-state index is 12.6. The Labute approximate surface area is 171 Å². The molecule has 9 nitrogen and oxygen atoms in total. The van der Waals surface area contributed by atoms with Crippen LogP contribution in [-0.4, -0.2) is 55.8 Å². The van der Waals surface area contributed by atoms with E-state index in [9.17, 15) is 13.2 Å². The molecule has 12 heteroatoms. The molecule has 28 heavy (non-hydrogen) atoms. The number of thioether (sulfide) groups is 1. The van der Waals surface area contributed by atoms with Crippen molar-refractivity contribution in [3.8, 4) is 11.5 Å². The lowest BCUT2D eigenvalue weighted by molar-refractivity contribution is -0.114. The van der Waals surface area contributed by atoms with Gasteiger partial charge in [0.05, 0.1) is 11.4 Å². The molecule has 0 unspecified atom stereocenters. The van der Waals surface area contributed by atoms with Gasteiger partial charge < -0.3 is 9.47 Å². The van der Waals surface area contributed by atoms with E-state index in [2.05, 4.69) is 15.5 Å². The molecule has 0 bridgehead atoms. The van der Waals surface area contributed by atoms with Crippen LogP contribution in [0.2, 0.25) is 0 Å². The van der Waals surface area contributed by atoms with Crippen LogP contribution < -0.4 is 19.1 Å². The second kappa shape index (κ2) is 8.97. The predicted octanol–water partition coefficient (Wildman–Crippen LogP) is 2.22. The van der Waals surface area contributed by atoms with Crippen LogP contribution in [0.25, 0.3) is 0 Å². The molecule has 0 saturated carbocycles. The number of anilines is 2. The molecule has 0 saturated heterocycles. The number of nitrogens with one attached hydrogen (secondary N) is 1. The molecule has 0 spiro atoms. The molecular weight excluding hydrogens is 424 g/mol. The van der Waals surface area contributed by atoms with Gasteiger partial charge in [-0.15, -0.1) is 10.2 Å². The van der Waals surface area contributed by atoms with Gasteiger partial charge in [0, 0.05) is 6.07 Å². The lowest BCUT2D eigenvalue weighted by atomic mass is 10.2. The summed E-state index contributed by atoms with van der Waals surface area (Å²) in [5, 5.41) is 10.8. The van der Waals surface area contributed by atoms with Crippen molar-refractivity contribution in [3.63, 3.8) is 0 Å².